The molecule has 0 aliphatic carbocycles. The van der Waals surface area contributed by atoms with Gasteiger partial charge in [-0.2, -0.15) is 11.3 Å². The zero-order valence-electron chi connectivity index (χ0n) is 14.5. The van der Waals surface area contributed by atoms with Crippen molar-refractivity contribution in [3.05, 3.63) is 52.2 Å². The highest BCUT2D eigenvalue weighted by molar-refractivity contribution is 7.07. The lowest BCUT2D eigenvalue weighted by Gasteiger charge is -2.31. The number of nitrogens with one attached hydrogen (secondary N) is 1. The number of rotatable bonds is 5. The molecule has 1 saturated heterocycles. The highest BCUT2D eigenvalue weighted by atomic mass is 32.1. The van der Waals surface area contributed by atoms with Crippen LogP contribution < -0.4 is 5.32 Å². The van der Waals surface area contributed by atoms with E-state index in [1.807, 2.05) is 0 Å². The Morgan fingerprint density at radius 1 is 1.23 bits per heavy atom. The Labute approximate surface area is 157 Å². The quantitative estimate of drug-likeness (QED) is 0.698. The van der Waals surface area contributed by atoms with Crippen LogP contribution in [0.25, 0.3) is 0 Å². The van der Waals surface area contributed by atoms with Crippen LogP contribution in [-0.4, -0.2) is 47.1 Å². The molecule has 26 heavy (non-hydrogen) atoms. The molecule has 6 nitrogen and oxygen atoms in total. The Morgan fingerprint density at radius 2 is 1.88 bits per heavy atom. The van der Waals surface area contributed by atoms with E-state index in [1.54, 1.807) is 23.5 Å². The minimum Gasteiger partial charge on any atom is -0.508 e. The Balaban J connectivity index is 0.000000758. The van der Waals surface area contributed by atoms with Gasteiger partial charge < -0.3 is 15.5 Å². The number of hydrogen-bond donors (Lipinski definition) is 3. The van der Waals surface area contributed by atoms with E-state index >= 15 is 0 Å². The first kappa shape index (κ1) is 19.9. The van der Waals surface area contributed by atoms with Crippen LogP contribution in [0.5, 0.6) is 5.75 Å². The molecule has 3 rings (SSSR count). The zero-order chi connectivity index (χ0) is 18.8. The van der Waals surface area contributed by atoms with Gasteiger partial charge in [-0.3, -0.25) is 14.5 Å². The first-order valence-electron chi connectivity index (χ1n) is 8.51. The minimum atomic E-state index is -0.250. The van der Waals surface area contributed by atoms with Gasteiger partial charge in [-0.05, 0) is 78.5 Å². The van der Waals surface area contributed by atoms with Crippen molar-refractivity contribution >= 4 is 23.7 Å². The second-order valence-electron chi connectivity index (χ2n) is 6.21. The van der Waals surface area contributed by atoms with Gasteiger partial charge in [0.15, 0.2) is 0 Å². The third-order valence-corrected chi connectivity index (χ3v) is 5.11. The lowest BCUT2D eigenvalue weighted by atomic mass is 9.96. The topological polar surface area (TPSA) is 89.9 Å². The number of phenols is 1. The van der Waals surface area contributed by atoms with Crippen LogP contribution in [0.1, 0.15) is 28.8 Å². The predicted molar refractivity (Wildman–Crippen MR) is 101 cm³/mol. The highest BCUT2D eigenvalue weighted by Crippen LogP contribution is 2.19. The van der Waals surface area contributed by atoms with Crippen molar-refractivity contribution in [3.8, 4) is 5.75 Å². The van der Waals surface area contributed by atoms with E-state index in [0.717, 1.165) is 39.0 Å². The first-order valence-corrected chi connectivity index (χ1v) is 9.45. The highest BCUT2D eigenvalue weighted by Gasteiger charge is 2.20. The molecule has 1 amide bonds. The fraction of sp³-hybridized carbons (Fsp3) is 0.368. The average molecular weight is 376 g/mol. The van der Waals surface area contributed by atoms with Gasteiger partial charge in [-0.1, -0.05) is 0 Å². The summed E-state index contributed by atoms with van der Waals surface area (Å²) in [6, 6.07) is 8.56. The van der Waals surface area contributed by atoms with E-state index in [-0.39, 0.29) is 18.1 Å². The number of thiophene rings is 1. The van der Waals surface area contributed by atoms with Crippen LogP contribution in [0, 0.1) is 5.92 Å². The van der Waals surface area contributed by atoms with Crippen LogP contribution in [0.2, 0.25) is 0 Å². The van der Waals surface area contributed by atoms with Gasteiger partial charge in [0.05, 0.1) is 0 Å². The molecule has 0 radical (unpaired) electrons. The second kappa shape index (κ2) is 10.6. The molecule has 1 aromatic carbocycles. The van der Waals surface area contributed by atoms with Crippen LogP contribution in [0.3, 0.4) is 0 Å². The van der Waals surface area contributed by atoms with Crippen molar-refractivity contribution in [2.24, 2.45) is 5.92 Å². The Morgan fingerprint density at radius 3 is 2.46 bits per heavy atom. The largest absolute Gasteiger partial charge is 0.508 e. The first-order chi connectivity index (χ1) is 12.6. The minimum absolute atomic E-state index is 0.0642. The predicted octanol–water partition coefficient (Wildman–Crippen LogP) is 2.80. The van der Waals surface area contributed by atoms with E-state index in [0.29, 0.717) is 11.5 Å². The van der Waals surface area contributed by atoms with E-state index in [2.05, 4.69) is 27.0 Å². The molecule has 0 bridgehead atoms. The van der Waals surface area contributed by atoms with E-state index in [4.69, 9.17) is 9.90 Å². The van der Waals surface area contributed by atoms with E-state index in [1.165, 1.54) is 17.7 Å². The third kappa shape index (κ3) is 6.50. The molecule has 2 heterocycles. The summed E-state index contributed by atoms with van der Waals surface area (Å²) in [4.78, 5) is 22.9. The van der Waals surface area contributed by atoms with Crippen LogP contribution in [0.15, 0.2) is 41.1 Å². The molecular weight excluding hydrogens is 352 g/mol. The van der Waals surface area contributed by atoms with Gasteiger partial charge in [0, 0.05) is 18.7 Å². The van der Waals surface area contributed by atoms with Gasteiger partial charge in [-0.15, -0.1) is 0 Å². The molecule has 140 valence electrons. The molecule has 0 atom stereocenters. The fourth-order valence-electron chi connectivity index (χ4n) is 2.94. The molecular formula is C19H24N2O4S. The molecule has 1 aliphatic rings. The number of benzene rings is 1. The number of piperidine rings is 1. The number of nitrogens with zero attached hydrogens (tertiary/aromatic N) is 1. The smallest absolute Gasteiger partial charge is 0.290 e. The van der Waals surface area contributed by atoms with Gasteiger partial charge in [0.25, 0.3) is 12.4 Å². The molecule has 7 heteroatoms. The zero-order valence-corrected chi connectivity index (χ0v) is 15.3. The molecule has 0 spiro atoms. The lowest BCUT2D eigenvalue weighted by molar-refractivity contribution is -0.122. The number of aromatic hydroxyl groups is 1. The maximum absolute atomic E-state index is 12.1. The lowest BCUT2D eigenvalue weighted by Crippen LogP contribution is -2.38. The van der Waals surface area contributed by atoms with Crippen molar-refractivity contribution in [2.45, 2.75) is 19.4 Å². The summed E-state index contributed by atoms with van der Waals surface area (Å²) in [7, 11) is 0. The standard InChI is InChI=1S/C18H22N2O2S.CH2O2/c21-17-3-1-16(2-4-17)18(22)19-11-14-5-8-20(9-6-14)12-15-7-10-23-13-15;2-1-3/h1-4,7,10,13-14,21H,5-6,8-9,11-12H2,(H,19,22);1H,(H,2,3). The summed E-state index contributed by atoms with van der Waals surface area (Å²) in [5.74, 6) is 0.667. The maximum atomic E-state index is 12.1. The monoisotopic (exact) mass is 376 g/mol. The summed E-state index contributed by atoms with van der Waals surface area (Å²) in [6.45, 7) is 3.70. The Hall–Kier alpha value is -2.38. The Bertz CT molecular complexity index is 665. The number of carbonyl (C=O) groups excluding carboxylic acids is 1. The van der Waals surface area contributed by atoms with Crippen LogP contribution >= 0.6 is 11.3 Å². The number of amides is 1. The molecule has 2 aromatic rings. The van der Waals surface area contributed by atoms with Gasteiger partial charge in [0.2, 0.25) is 0 Å². The number of hydrogen-bond acceptors (Lipinski definition) is 5. The number of phenolic OH excluding ortho intramolecular Hbond substituents is 1. The molecule has 1 aliphatic heterocycles. The van der Waals surface area contributed by atoms with Crippen LogP contribution in [0.4, 0.5) is 0 Å². The fourth-order valence-corrected chi connectivity index (χ4v) is 3.60. The Kier molecular flexibility index (Phi) is 8.11. The molecule has 0 saturated carbocycles. The average Bonchev–Trinajstić information content (AvgIpc) is 3.15. The summed E-state index contributed by atoms with van der Waals surface area (Å²) < 4.78 is 0. The second-order valence-corrected chi connectivity index (χ2v) is 6.99. The summed E-state index contributed by atoms with van der Waals surface area (Å²) in [5, 5.41) is 23.5. The van der Waals surface area contributed by atoms with Crippen molar-refractivity contribution in [1.29, 1.82) is 0 Å². The number of carboxylic acid groups (broad SMARTS) is 1. The third-order valence-electron chi connectivity index (χ3n) is 4.37. The van der Waals surface area contributed by atoms with Gasteiger partial charge in [-0.25, -0.2) is 0 Å². The van der Waals surface area contributed by atoms with E-state index < -0.39 is 0 Å². The molecule has 3 N–H and O–H groups in total. The summed E-state index contributed by atoms with van der Waals surface area (Å²) in [6.07, 6.45) is 2.25. The summed E-state index contributed by atoms with van der Waals surface area (Å²) in [5.41, 5.74) is 1.99. The van der Waals surface area contributed by atoms with Crippen molar-refractivity contribution in [1.82, 2.24) is 10.2 Å². The molecule has 1 aromatic heterocycles. The van der Waals surface area contributed by atoms with Crippen LogP contribution in [-0.2, 0) is 11.3 Å². The molecule has 1 fully saturated rings. The van der Waals surface area contributed by atoms with E-state index in [9.17, 15) is 9.90 Å². The number of likely N-dealkylation sites (tertiary alicyclic amines) is 1. The van der Waals surface area contributed by atoms with Gasteiger partial charge >= 0.3 is 0 Å². The van der Waals surface area contributed by atoms with Gasteiger partial charge in [0.1, 0.15) is 5.75 Å². The summed E-state index contributed by atoms with van der Waals surface area (Å²) >= 11 is 1.75. The van der Waals surface area contributed by atoms with Crippen molar-refractivity contribution < 1.29 is 19.8 Å². The molecule has 0 unspecified atom stereocenters. The number of carbonyl (C=O) groups is 2. The SMILES string of the molecule is O=C(NCC1CCN(Cc2ccsc2)CC1)c1ccc(O)cc1.O=CO. The van der Waals surface area contributed by atoms with Crippen molar-refractivity contribution in [3.63, 3.8) is 0 Å². The normalized spacial score (nSPS) is 14.9. The maximum Gasteiger partial charge on any atom is 0.290 e. The van der Waals surface area contributed by atoms with Crippen molar-refractivity contribution in [2.75, 3.05) is 19.6 Å².